The van der Waals surface area contributed by atoms with Crippen molar-refractivity contribution in [3.8, 4) is 11.5 Å². The number of methoxy groups -OCH3 is 1. The Kier molecular flexibility index (Phi) is 8.93. The van der Waals surface area contributed by atoms with E-state index < -0.39 is 17.7 Å². The van der Waals surface area contributed by atoms with E-state index in [0.29, 0.717) is 36.0 Å². The van der Waals surface area contributed by atoms with Gasteiger partial charge in [0.25, 0.3) is 11.7 Å². The van der Waals surface area contributed by atoms with Gasteiger partial charge in [0, 0.05) is 19.2 Å². The Balaban J connectivity index is 2.08. The Morgan fingerprint density at radius 2 is 1.86 bits per heavy atom. The van der Waals surface area contributed by atoms with Crippen molar-refractivity contribution in [3.63, 3.8) is 0 Å². The van der Waals surface area contributed by atoms with E-state index in [-0.39, 0.29) is 24.5 Å². The average Bonchev–Trinajstić information content (AvgIpc) is 3.10. The number of carbonyl (C=O) groups excluding carboxylic acids is 2. The van der Waals surface area contributed by atoms with Crippen LogP contribution < -0.4 is 9.47 Å². The summed E-state index contributed by atoms with van der Waals surface area (Å²) in [4.78, 5) is 27.6. The summed E-state index contributed by atoms with van der Waals surface area (Å²) >= 11 is 0. The smallest absolute Gasteiger partial charge is 0.295 e. The average molecular weight is 482 g/mol. The number of carbonyl (C=O) groups is 2. The van der Waals surface area contributed by atoms with E-state index in [4.69, 9.17) is 14.2 Å². The highest BCUT2D eigenvalue weighted by atomic mass is 16.5. The van der Waals surface area contributed by atoms with Gasteiger partial charge in [-0.2, -0.15) is 0 Å². The minimum atomic E-state index is -0.760. The van der Waals surface area contributed by atoms with Crippen LogP contribution in [0.15, 0.2) is 48.0 Å². The topological polar surface area (TPSA) is 85.3 Å². The van der Waals surface area contributed by atoms with Gasteiger partial charge in [-0.15, -0.1) is 0 Å². The van der Waals surface area contributed by atoms with Crippen molar-refractivity contribution < 1.29 is 28.9 Å². The summed E-state index contributed by atoms with van der Waals surface area (Å²) in [7, 11) is 1.54. The van der Waals surface area contributed by atoms with Crippen LogP contribution in [0.25, 0.3) is 5.76 Å². The Morgan fingerprint density at radius 3 is 2.51 bits per heavy atom. The van der Waals surface area contributed by atoms with Gasteiger partial charge in [0.05, 0.1) is 31.4 Å². The zero-order valence-electron chi connectivity index (χ0n) is 21.2. The predicted octanol–water partition coefficient (Wildman–Crippen LogP) is 4.89. The molecule has 1 saturated heterocycles. The summed E-state index contributed by atoms with van der Waals surface area (Å²) in [6, 6.07) is 11.8. The molecular weight excluding hydrogens is 446 g/mol. The van der Waals surface area contributed by atoms with Gasteiger partial charge < -0.3 is 24.2 Å². The number of likely N-dealkylation sites (tertiary alicyclic amines) is 1. The number of Topliss-reactive ketones (excluding diaryl/α,β-unsaturated/α-hetero) is 1. The molecule has 0 aromatic heterocycles. The normalized spacial score (nSPS) is 17.3. The molecule has 0 saturated carbocycles. The van der Waals surface area contributed by atoms with Gasteiger partial charge in [-0.3, -0.25) is 9.59 Å². The number of hydrogen-bond acceptors (Lipinski definition) is 6. The highest BCUT2D eigenvalue weighted by Gasteiger charge is 2.46. The molecule has 1 aliphatic rings. The van der Waals surface area contributed by atoms with Gasteiger partial charge in [0.1, 0.15) is 17.3 Å². The molecule has 0 spiro atoms. The molecule has 1 aliphatic heterocycles. The van der Waals surface area contributed by atoms with Crippen molar-refractivity contribution in [1.29, 1.82) is 0 Å². The standard InChI is InChI=1S/C28H35NO6/c1-6-13-34-23-11-10-21(15-19(23)4)26(30)24-25(29(12-14-33-5)28(32)27(24)31)20-8-7-9-22(16-20)35-17-18(2)3/h7-11,15-16,18,25,30H,6,12-14,17H2,1-5H3/b26-24+. The van der Waals surface area contributed by atoms with Crippen LogP contribution in [-0.4, -0.2) is 55.2 Å². The molecule has 0 aliphatic carbocycles. The van der Waals surface area contributed by atoms with E-state index in [1.54, 1.807) is 18.2 Å². The molecule has 35 heavy (non-hydrogen) atoms. The number of aliphatic hydroxyl groups is 1. The second-order valence-corrected chi connectivity index (χ2v) is 9.09. The van der Waals surface area contributed by atoms with Crippen molar-refractivity contribution >= 4 is 17.4 Å². The van der Waals surface area contributed by atoms with Gasteiger partial charge in [-0.1, -0.05) is 32.9 Å². The minimum Gasteiger partial charge on any atom is -0.507 e. The van der Waals surface area contributed by atoms with Crippen LogP contribution in [0.2, 0.25) is 0 Å². The second-order valence-electron chi connectivity index (χ2n) is 9.09. The minimum absolute atomic E-state index is 0.0498. The number of aryl methyl sites for hydroxylation is 1. The SMILES string of the molecule is CCCOc1ccc(/C(O)=C2\C(=O)C(=O)N(CCOC)C2c2cccc(OCC(C)C)c2)cc1C. The Labute approximate surface area is 207 Å². The molecule has 0 radical (unpaired) electrons. The number of aliphatic hydroxyl groups excluding tert-OH is 1. The number of benzene rings is 2. The number of amides is 1. The third-order valence-electron chi connectivity index (χ3n) is 5.74. The molecule has 2 aromatic rings. The lowest BCUT2D eigenvalue weighted by Gasteiger charge is -2.25. The zero-order chi connectivity index (χ0) is 25.5. The molecule has 1 heterocycles. The summed E-state index contributed by atoms with van der Waals surface area (Å²) < 4.78 is 16.8. The molecular formula is C28H35NO6. The van der Waals surface area contributed by atoms with Crippen LogP contribution in [-0.2, 0) is 14.3 Å². The first-order chi connectivity index (χ1) is 16.8. The number of rotatable bonds is 11. The molecule has 0 bridgehead atoms. The van der Waals surface area contributed by atoms with Crippen LogP contribution in [0.3, 0.4) is 0 Å². The molecule has 1 amide bonds. The molecule has 3 rings (SSSR count). The number of ether oxygens (including phenoxy) is 3. The van der Waals surface area contributed by atoms with E-state index in [2.05, 4.69) is 13.8 Å². The van der Waals surface area contributed by atoms with Crippen molar-refractivity contribution in [2.75, 3.05) is 33.5 Å². The molecule has 1 fully saturated rings. The summed E-state index contributed by atoms with van der Waals surface area (Å²) in [5.74, 6) is 0.102. The van der Waals surface area contributed by atoms with E-state index in [9.17, 15) is 14.7 Å². The molecule has 7 heteroatoms. The summed E-state index contributed by atoms with van der Waals surface area (Å²) in [5.41, 5.74) is 2.02. The molecule has 1 atom stereocenters. The highest BCUT2D eigenvalue weighted by Crippen LogP contribution is 2.40. The first-order valence-electron chi connectivity index (χ1n) is 12.0. The third kappa shape index (κ3) is 6.03. The maximum Gasteiger partial charge on any atom is 0.295 e. The van der Waals surface area contributed by atoms with Crippen LogP contribution in [0.5, 0.6) is 11.5 Å². The summed E-state index contributed by atoms with van der Waals surface area (Å²) in [6.07, 6.45) is 0.881. The maximum atomic E-state index is 13.2. The molecule has 188 valence electrons. The predicted molar refractivity (Wildman–Crippen MR) is 135 cm³/mol. The molecule has 7 nitrogen and oxygen atoms in total. The van der Waals surface area contributed by atoms with Crippen LogP contribution >= 0.6 is 0 Å². The Bertz CT molecular complexity index is 1090. The fourth-order valence-corrected chi connectivity index (χ4v) is 4.01. The summed E-state index contributed by atoms with van der Waals surface area (Å²) in [6.45, 7) is 9.63. The number of ketones is 1. The number of hydrogen-bond donors (Lipinski definition) is 1. The van der Waals surface area contributed by atoms with Gasteiger partial charge in [0.2, 0.25) is 0 Å². The fraction of sp³-hybridized carbons (Fsp3) is 0.429. The zero-order valence-corrected chi connectivity index (χ0v) is 21.2. The molecule has 1 N–H and O–H groups in total. The van der Waals surface area contributed by atoms with E-state index in [1.807, 2.05) is 38.1 Å². The summed E-state index contributed by atoms with van der Waals surface area (Å²) in [5, 5.41) is 11.3. The monoisotopic (exact) mass is 481 g/mol. The first kappa shape index (κ1) is 26.3. The van der Waals surface area contributed by atoms with Crippen LogP contribution in [0.1, 0.15) is 49.9 Å². The van der Waals surface area contributed by atoms with Crippen molar-refractivity contribution in [2.24, 2.45) is 5.92 Å². The van der Waals surface area contributed by atoms with Crippen molar-refractivity contribution in [2.45, 2.75) is 40.2 Å². The molecule has 2 aromatic carbocycles. The van der Waals surface area contributed by atoms with Gasteiger partial charge in [-0.05, 0) is 60.7 Å². The van der Waals surface area contributed by atoms with Gasteiger partial charge >= 0.3 is 0 Å². The largest absolute Gasteiger partial charge is 0.507 e. The Hall–Kier alpha value is -3.32. The Morgan fingerprint density at radius 1 is 1.09 bits per heavy atom. The lowest BCUT2D eigenvalue weighted by atomic mass is 9.94. The number of nitrogens with zero attached hydrogens (tertiary/aromatic N) is 1. The highest BCUT2D eigenvalue weighted by molar-refractivity contribution is 6.46. The van der Waals surface area contributed by atoms with E-state index >= 15 is 0 Å². The van der Waals surface area contributed by atoms with E-state index in [0.717, 1.165) is 17.7 Å². The van der Waals surface area contributed by atoms with Gasteiger partial charge in [-0.25, -0.2) is 0 Å². The molecule has 1 unspecified atom stereocenters. The second kappa shape index (κ2) is 11.9. The quantitative estimate of drug-likeness (QED) is 0.280. The first-order valence-corrected chi connectivity index (χ1v) is 12.0. The van der Waals surface area contributed by atoms with Gasteiger partial charge in [0.15, 0.2) is 0 Å². The lowest BCUT2D eigenvalue weighted by Crippen LogP contribution is -2.32. The van der Waals surface area contributed by atoms with Crippen LogP contribution in [0.4, 0.5) is 0 Å². The van der Waals surface area contributed by atoms with Crippen LogP contribution in [0, 0.1) is 12.8 Å². The third-order valence-corrected chi connectivity index (χ3v) is 5.74. The fourth-order valence-electron chi connectivity index (χ4n) is 4.01. The maximum absolute atomic E-state index is 13.2. The van der Waals surface area contributed by atoms with Crippen molar-refractivity contribution in [1.82, 2.24) is 4.90 Å². The van der Waals surface area contributed by atoms with E-state index in [1.165, 1.54) is 12.0 Å². The van der Waals surface area contributed by atoms with Crippen molar-refractivity contribution in [3.05, 3.63) is 64.7 Å². The lowest BCUT2D eigenvalue weighted by molar-refractivity contribution is -0.140.